The van der Waals surface area contributed by atoms with Crippen LogP contribution in [0.4, 0.5) is 0 Å². The summed E-state index contributed by atoms with van der Waals surface area (Å²) in [6.45, 7) is 0.923. The molecule has 2 aromatic carbocycles. The molecule has 1 saturated heterocycles. The topological polar surface area (TPSA) is 63.7 Å². The molecule has 0 saturated carbocycles. The average Bonchev–Trinajstić information content (AvgIpc) is 2.61. The lowest BCUT2D eigenvalue weighted by atomic mass is 10.2. The first-order valence-corrected chi connectivity index (χ1v) is 10.5. The van der Waals surface area contributed by atoms with Crippen LogP contribution in [0, 0.1) is 0 Å². The number of sulfone groups is 1. The molecule has 0 spiro atoms. The molecule has 1 aliphatic rings. The van der Waals surface area contributed by atoms with E-state index < -0.39 is 9.84 Å². The van der Waals surface area contributed by atoms with Crippen LogP contribution in [0.1, 0.15) is 15.9 Å². The van der Waals surface area contributed by atoms with E-state index in [0.29, 0.717) is 22.4 Å². The fourth-order valence-electron chi connectivity index (χ4n) is 2.58. The minimum Gasteiger partial charge on any atom is -0.488 e. The molecule has 2 aromatic rings. The zero-order valence-electron chi connectivity index (χ0n) is 13.5. The van der Waals surface area contributed by atoms with E-state index in [1.54, 1.807) is 23.1 Å². The van der Waals surface area contributed by atoms with Crippen LogP contribution >= 0.6 is 15.9 Å². The Morgan fingerprint density at radius 2 is 1.76 bits per heavy atom. The molecule has 5 nitrogen and oxygen atoms in total. The second-order valence-corrected chi connectivity index (χ2v) is 9.02. The highest BCUT2D eigenvalue weighted by Gasteiger charge is 2.26. The highest BCUT2D eigenvalue weighted by atomic mass is 79.9. The van der Waals surface area contributed by atoms with Crippen LogP contribution in [0.25, 0.3) is 0 Å². The summed E-state index contributed by atoms with van der Waals surface area (Å²) in [6, 6.07) is 15.0. The summed E-state index contributed by atoms with van der Waals surface area (Å²) in [4.78, 5) is 14.1. The van der Waals surface area contributed by atoms with Gasteiger partial charge in [-0.2, -0.15) is 0 Å². The molecule has 0 unspecified atom stereocenters. The number of rotatable bonds is 4. The second-order valence-electron chi connectivity index (χ2n) is 5.86. The van der Waals surface area contributed by atoms with Crippen molar-refractivity contribution in [3.8, 4) is 5.75 Å². The number of halogens is 1. The maximum atomic E-state index is 12.5. The van der Waals surface area contributed by atoms with Crippen LogP contribution in [0.15, 0.2) is 53.0 Å². The monoisotopic (exact) mass is 423 g/mol. The van der Waals surface area contributed by atoms with Crippen molar-refractivity contribution in [2.24, 2.45) is 0 Å². The minimum absolute atomic E-state index is 0.0260. The fourth-order valence-corrected chi connectivity index (χ4v) is 4.28. The quantitative estimate of drug-likeness (QED) is 0.758. The number of hydrogen-bond donors (Lipinski definition) is 0. The number of hydrogen-bond acceptors (Lipinski definition) is 4. The largest absolute Gasteiger partial charge is 0.488 e. The number of carbonyl (C=O) groups excluding carboxylic acids is 1. The first-order chi connectivity index (χ1) is 11.9. The predicted octanol–water partition coefficient (Wildman–Crippen LogP) is 2.90. The number of benzene rings is 2. The van der Waals surface area contributed by atoms with Crippen LogP contribution in [-0.4, -0.2) is 43.8 Å². The third-order valence-electron chi connectivity index (χ3n) is 4.05. The normalized spacial score (nSPS) is 16.4. The Morgan fingerprint density at radius 3 is 2.40 bits per heavy atom. The molecule has 3 rings (SSSR count). The van der Waals surface area contributed by atoms with E-state index in [2.05, 4.69) is 15.9 Å². The summed E-state index contributed by atoms with van der Waals surface area (Å²) < 4.78 is 29.4. The van der Waals surface area contributed by atoms with Gasteiger partial charge in [0.15, 0.2) is 9.84 Å². The van der Waals surface area contributed by atoms with Gasteiger partial charge in [-0.25, -0.2) is 8.42 Å². The van der Waals surface area contributed by atoms with Gasteiger partial charge in [-0.1, -0.05) is 30.3 Å². The maximum absolute atomic E-state index is 12.5. The SMILES string of the molecule is O=C(c1ccc(OCc2ccccc2)c(Br)c1)N1CCS(=O)(=O)CC1. The predicted molar refractivity (Wildman–Crippen MR) is 99.5 cm³/mol. The molecule has 1 aliphatic heterocycles. The van der Waals surface area contributed by atoms with Crippen LogP contribution in [0.2, 0.25) is 0 Å². The van der Waals surface area contributed by atoms with Gasteiger partial charge in [0.05, 0.1) is 16.0 Å². The summed E-state index contributed by atoms with van der Waals surface area (Å²) in [6.07, 6.45) is 0. The van der Waals surface area contributed by atoms with Crippen molar-refractivity contribution in [1.82, 2.24) is 4.90 Å². The van der Waals surface area contributed by atoms with Gasteiger partial charge in [-0.3, -0.25) is 4.79 Å². The lowest BCUT2D eigenvalue weighted by Crippen LogP contribution is -2.43. The van der Waals surface area contributed by atoms with E-state index in [1.807, 2.05) is 30.3 Å². The summed E-state index contributed by atoms with van der Waals surface area (Å²) in [5, 5.41) is 0. The summed E-state index contributed by atoms with van der Waals surface area (Å²) in [5.74, 6) is 0.544. The Balaban J connectivity index is 1.66. The second kappa shape index (κ2) is 7.58. The molecule has 0 aliphatic carbocycles. The molecule has 0 radical (unpaired) electrons. The third-order valence-corrected chi connectivity index (χ3v) is 6.28. The van der Waals surface area contributed by atoms with Gasteiger partial charge >= 0.3 is 0 Å². The Morgan fingerprint density at radius 1 is 1.08 bits per heavy atom. The highest BCUT2D eigenvalue weighted by Crippen LogP contribution is 2.27. The van der Waals surface area contributed by atoms with E-state index in [9.17, 15) is 13.2 Å². The van der Waals surface area contributed by atoms with Gasteiger partial charge in [0.2, 0.25) is 0 Å². The van der Waals surface area contributed by atoms with E-state index in [0.717, 1.165) is 5.56 Å². The van der Waals surface area contributed by atoms with Crippen LogP contribution in [-0.2, 0) is 16.4 Å². The molecule has 0 aromatic heterocycles. The van der Waals surface area contributed by atoms with E-state index in [4.69, 9.17) is 4.74 Å². The van der Waals surface area contributed by atoms with Crippen molar-refractivity contribution >= 4 is 31.7 Å². The van der Waals surface area contributed by atoms with E-state index in [-0.39, 0.29) is 30.5 Å². The zero-order chi connectivity index (χ0) is 17.9. The van der Waals surface area contributed by atoms with Crippen molar-refractivity contribution in [2.75, 3.05) is 24.6 Å². The van der Waals surface area contributed by atoms with Crippen molar-refractivity contribution in [3.05, 3.63) is 64.1 Å². The Kier molecular flexibility index (Phi) is 5.44. The fraction of sp³-hybridized carbons (Fsp3) is 0.278. The summed E-state index contributed by atoms with van der Waals surface area (Å²) >= 11 is 3.44. The minimum atomic E-state index is -3.00. The molecule has 132 valence electrons. The van der Waals surface area contributed by atoms with Gasteiger partial charge in [0.1, 0.15) is 12.4 Å². The molecule has 1 fully saturated rings. The number of ether oxygens (including phenoxy) is 1. The molecule has 1 amide bonds. The van der Waals surface area contributed by atoms with E-state index >= 15 is 0 Å². The Hall–Kier alpha value is -1.86. The van der Waals surface area contributed by atoms with Crippen molar-refractivity contribution < 1.29 is 17.9 Å². The molecule has 0 N–H and O–H groups in total. The van der Waals surface area contributed by atoms with Crippen LogP contribution in [0.5, 0.6) is 5.75 Å². The third kappa shape index (κ3) is 4.61. The molecule has 0 bridgehead atoms. The summed E-state index contributed by atoms with van der Waals surface area (Å²) in [7, 11) is -3.00. The molecule has 0 atom stereocenters. The number of amides is 1. The average molecular weight is 424 g/mol. The van der Waals surface area contributed by atoms with E-state index in [1.165, 1.54) is 0 Å². The highest BCUT2D eigenvalue weighted by molar-refractivity contribution is 9.10. The van der Waals surface area contributed by atoms with Crippen LogP contribution in [0.3, 0.4) is 0 Å². The van der Waals surface area contributed by atoms with Gasteiger partial charge in [-0.05, 0) is 39.7 Å². The molecule has 7 heteroatoms. The molecule has 25 heavy (non-hydrogen) atoms. The van der Waals surface area contributed by atoms with Crippen LogP contribution < -0.4 is 4.74 Å². The smallest absolute Gasteiger partial charge is 0.253 e. The summed E-state index contributed by atoms with van der Waals surface area (Å²) in [5.41, 5.74) is 1.57. The van der Waals surface area contributed by atoms with Gasteiger partial charge in [0.25, 0.3) is 5.91 Å². The first-order valence-electron chi connectivity index (χ1n) is 7.90. The van der Waals surface area contributed by atoms with Gasteiger partial charge in [-0.15, -0.1) is 0 Å². The number of nitrogens with zero attached hydrogens (tertiary/aromatic N) is 1. The Bertz CT molecular complexity index is 854. The maximum Gasteiger partial charge on any atom is 0.253 e. The van der Waals surface area contributed by atoms with Crippen molar-refractivity contribution in [2.45, 2.75) is 6.61 Å². The lowest BCUT2D eigenvalue weighted by Gasteiger charge is -2.26. The molecular formula is C18H18BrNO4S. The van der Waals surface area contributed by atoms with Crippen molar-refractivity contribution in [3.63, 3.8) is 0 Å². The van der Waals surface area contributed by atoms with Crippen molar-refractivity contribution in [1.29, 1.82) is 0 Å². The zero-order valence-corrected chi connectivity index (χ0v) is 15.9. The first kappa shape index (κ1) is 17.9. The Labute approximate surface area is 155 Å². The number of carbonyl (C=O) groups is 1. The molecular weight excluding hydrogens is 406 g/mol. The lowest BCUT2D eigenvalue weighted by molar-refractivity contribution is 0.0770. The molecule has 1 heterocycles. The standard InChI is InChI=1S/C18H18BrNO4S/c19-16-12-15(18(21)20-8-10-25(22,23)11-9-20)6-7-17(16)24-13-14-4-2-1-3-5-14/h1-7,12H,8-11,13H2. The van der Waals surface area contributed by atoms with Gasteiger partial charge in [0, 0.05) is 18.7 Å². The van der Waals surface area contributed by atoms with Gasteiger partial charge < -0.3 is 9.64 Å².